The molecule has 2 aromatic carbocycles. The molecule has 2 fully saturated rings. The number of H-pyrrole nitrogens is 2. The number of nitrogens with zero attached hydrogens (tertiary/aromatic N) is 4. The van der Waals surface area contributed by atoms with Gasteiger partial charge in [-0.25, -0.2) is 19.6 Å². The number of methoxy groups -OCH3 is 3. The van der Waals surface area contributed by atoms with Crippen molar-refractivity contribution < 1.29 is 33.4 Å². The number of aromatic nitrogens is 4. The minimum Gasteiger partial charge on any atom is -0.453 e. The largest absolute Gasteiger partial charge is 0.453 e. The van der Waals surface area contributed by atoms with E-state index in [4.69, 9.17) is 14.2 Å². The quantitative estimate of drug-likeness (QED) is 0.114. The van der Waals surface area contributed by atoms with Gasteiger partial charge in [-0.3, -0.25) is 9.59 Å². The van der Waals surface area contributed by atoms with Gasteiger partial charge in [-0.05, 0) is 90.4 Å². The molecule has 5 aromatic rings. The van der Waals surface area contributed by atoms with Gasteiger partial charge in [0.25, 0.3) is 5.91 Å². The Balaban J connectivity index is 0.977. The van der Waals surface area contributed by atoms with Crippen LogP contribution in [0.3, 0.4) is 0 Å². The highest BCUT2D eigenvalue weighted by Gasteiger charge is 2.39. The van der Waals surface area contributed by atoms with Crippen molar-refractivity contribution in [1.82, 2.24) is 40.4 Å². The third kappa shape index (κ3) is 9.16. The topological polar surface area (TPSA) is 184 Å². The molecule has 3 aromatic heterocycles. The fourth-order valence-electron chi connectivity index (χ4n) is 7.50. The van der Waals surface area contributed by atoms with Crippen molar-refractivity contribution in [2.45, 2.75) is 62.9 Å². The predicted octanol–water partition coefficient (Wildman–Crippen LogP) is 6.11. The second kappa shape index (κ2) is 18.4. The number of imidazole rings is 2. The number of hydrogen-bond acceptors (Lipinski definition) is 10. The molecule has 2 saturated heterocycles. The zero-order chi connectivity index (χ0) is 41.5. The van der Waals surface area contributed by atoms with Crippen LogP contribution < -0.4 is 10.6 Å². The maximum absolute atomic E-state index is 13.8. The molecule has 0 bridgehead atoms. The molecule has 306 valence electrons. The van der Waals surface area contributed by atoms with Crippen molar-refractivity contribution in [3.05, 3.63) is 106 Å². The second-order valence-corrected chi connectivity index (χ2v) is 15.1. The summed E-state index contributed by atoms with van der Waals surface area (Å²) in [5.74, 6) is 7.39. The molecular weight excluding hydrogens is 773 g/mol. The standard InChI is InChI=1S/C43H46N8O7S/c1-26(56-2)36(48-42(54)57-3)40(52)50-20-5-7-34(50)38-44-23-32(46-38)29-15-11-27(12-16-29)9-10-28-13-17-30(18-14-28)33-24-45-39(47-33)35-8-6-21-51(35)41(53)37(49-43(55)58-4)31-19-22-59-25-31/h11-19,22-26,34-37H,5-8,20-21H2,1-4H3,(H,44,46)(H,45,47)(H,48,54)(H,49,55)/t26-,34?,35?,36+,37-/m1/s1. The van der Waals surface area contributed by atoms with Gasteiger partial charge >= 0.3 is 12.2 Å². The number of ether oxygens (including phenoxy) is 3. The molecule has 5 atom stereocenters. The first-order chi connectivity index (χ1) is 28.7. The van der Waals surface area contributed by atoms with E-state index in [1.165, 1.54) is 32.7 Å². The molecule has 2 aliphatic heterocycles. The normalized spacial score (nSPS) is 17.7. The summed E-state index contributed by atoms with van der Waals surface area (Å²) in [6.45, 7) is 2.82. The molecule has 2 unspecified atom stereocenters. The minimum atomic E-state index is -0.900. The van der Waals surface area contributed by atoms with Crippen LogP contribution in [0.1, 0.15) is 79.1 Å². The monoisotopic (exact) mass is 818 g/mol. The van der Waals surface area contributed by atoms with Crippen molar-refractivity contribution in [3.8, 4) is 34.4 Å². The van der Waals surface area contributed by atoms with Crippen molar-refractivity contribution in [1.29, 1.82) is 0 Å². The Bertz CT molecular complexity index is 2310. The number of hydrogen-bond donors (Lipinski definition) is 4. The summed E-state index contributed by atoms with van der Waals surface area (Å²) in [6.07, 6.45) is 4.73. The molecular formula is C43H46N8O7S. The SMILES string of the molecule is COC(=O)N[C@H](C(=O)N1CCCC1c1ncc(-c2ccc(C#Cc3ccc(-c4cnc(C5CCCN5C(=O)[C@H](NC(=O)OC)c5ccsc5)[nH]4)cc3)cc2)[nH]1)[C@@H](C)OC. The highest BCUT2D eigenvalue weighted by atomic mass is 32.1. The summed E-state index contributed by atoms with van der Waals surface area (Å²) in [5, 5.41) is 9.03. The summed E-state index contributed by atoms with van der Waals surface area (Å²) < 4.78 is 14.9. The van der Waals surface area contributed by atoms with E-state index in [0.717, 1.165) is 59.3 Å². The third-order valence-corrected chi connectivity index (χ3v) is 11.5. The molecule has 0 radical (unpaired) electrons. The van der Waals surface area contributed by atoms with Crippen LogP contribution in [0.2, 0.25) is 0 Å². The van der Waals surface area contributed by atoms with Crippen molar-refractivity contribution in [3.63, 3.8) is 0 Å². The Kier molecular flexibility index (Phi) is 12.7. The lowest BCUT2D eigenvalue weighted by molar-refractivity contribution is -0.137. The van der Waals surface area contributed by atoms with E-state index in [1.807, 2.05) is 65.4 Å². The molecule has 4 N–H and O–H groups in total. The number of carbonyl (C=O) groups excluding carboxylic acids is 4. The van der Waals surface area contributed by atoms with Gasteiger partial charge < -0.3 is 44.6 Å². The highest BCUT2D eigenvalue weighted by molar-refractivity contribution is 7.08. The van der Waals surface area contributed by atoms with Gasteiger partial charge in [-0.15, -0.1) is 0 Å². The molecule has 59 heavy (non-hydrogen) atoms. The Morgan fingerprint density at radius 3 is 1.73 bits per heavy atom. The highest BCUT2D eigenvalue weighted by Crippen LogP contribution is 2.35. The van der Waals surface area contributed by atoms with Crippen LogP contribution in [0.15, 0.2) is 77.8 Å². The zero-order valence-corrected chi connectivity index (χ0v) is 34.0. The maximum Gasteiger partial charge on any atom is 0.407 e. The van der Waals surface area contributed by atoms with E-state index < -0.39 is 30.4 Å². The number of benzene rings is 2. The predicted molar refractivity (Wildman–Crippen MR) is 220 cm³/mol. The average molecular weight is 819 g/mol. The van der Waals surface area contributed by atoms with Crippen molar-refractivity contribution in [2.24, 2.45) is 0 Å². The molecule has 15 nitrogen and oxygen atoms in total. The first-order valence-electron chi connectivity index (χ1n) is 19.3. The molecule has 5 heterocycles. The lowest BCUT2D eigenvalue weighted by Crippen LogP contribution is -2.54. The second-order valence-electron chi connectivity index (χ2n) is 14.3. The number of nitrogens with one attached hydrogen (secondary N) is 4. The van der Waals surface area contributed by atoms with Crippen LogP contribution in [-0.4, -0.2) is 100 Å². The van der Waals surface area contributed by atoms with E-state index in [-0.39, 0.29) is 23.9 Å². The van der Waals surface area contributed by atoms with Gasteiger partial charge in [0.1, 0.15) is 23.7 Å². The van der Waals surface area contributed by atoms with Crippen molar-refractivity contribution >= 4 is 35.3 Å². The summed E-state index contributed by atoms with van der Waals surface area (Å²) in [7, 11) is 4.03. The van der Waals surface area contributed by atoms with Crippen LogP contribution in [0, 0.1) is 11.8 Å². The van der Waals surface area contributed by atoms with E-state index in [0.29, 0.717) is 30.3 Å². The Hall–Kier alpha value is -6.44. The number of alkyl carbamates (subject to hydrolysis) is 2. The third-order valence-electron chi connectivity index (χ3n) is 10.8. The fourth-order valence-corrected chi connectivity index (χ4v) is 8.18. The van der Waals surface area contributed by atoms with Crippen LogP contribution in [-0.2, 0) is 23.8 Å². The first kappa shape index (κ1) is 40.7. The maximum atomic E-state index is 13.8. The Labute approximate surface area is 345 Å². The molecule has 4 amide bonds. The zero-order valence-electron chi connectivity index (χ0n) is 33.2. The molecule has 0 saturated carbocycles. The number of thiophene rings is 1. The van der Waals surface area contributed by atoms with Gasteiger partial charge in [0.2, 0.25) is 5.91 Å². The Morgan fingerprint density at radius 1 is 0.746 bits per heavy atom. The molecule has 0 spiro atoms. The number of carbonyl (C=O) groups is 4. The van der Waals surface area contributed by atoms with Crippen molar-refractivity contribution in [2.75, 3.05) is 34.4 Å². The van der Waals surface area contributed by atoms with Gasteiger partial charge in [0, 0.05) is 31.3 Å². The average Bonchev–Trinajstić information content (AvgIpc) is 4.13. The molecule has 2 aliphatic rings. The van der Waals surface area contributed by atoms with E-state index in [2.05, 4.69) is 42.4 Å². The number of rotatable bonds is 11. The van der Waals surface area contributed by atoms with Gasteiger partial charge in [-0.1, -0.05) is 36.1 Å². The van der Waals surface area contributed by atoms with E-state index >= 15 is 0 Å². The molecule has 16 heteroatoms. The number of aromatic amines is 2. The van der Waals surface area contributed by atoms with Crippen LogP contribution in [0.5, 0.6) is 0 Å². The smallest absolute Gasteiger partial charge is 0.407 e. The lowest BCUT2D eigenvalue weighted by Gasteiger charge is -2.30. The van der Waals surface area contributed by atoms with Gasteiger partial charge in [0.05, 0.1) is 56.2 Å². The number of likely N-dealkylation sites (tertiary alicyclic amines) is 2. The summed E-state index contributed by atoms with van der Waals surface area (Å²) in [6, 6.07) is 15.3. The van der Waals surface area contributed by atoms with Crippen LogP contribution in [0.4, 0.5) is 9.59 Å². The molecule has 0 aliphatic carbocycles. The lowest BCUT2D eigenvalue weighted by atomic mass is 10.1. The van der Waals surface area contributed by atoms with E-state index in [1.54, 1.807) is 29.1 Å². The first-order valence-corrected chi connectivity index (χ1v) is 20.3. The summed E-state index contributed by atoms with van der Waals surface area (Å²) >= 11 is 1.46. The number of amides is 4. The van der Waals surface area contributed by atoms with E-state index in [9.17, 15) is 19.2 Å². The summed E-state index contributed by atoms with van der Waals surface area (Å²) in [4.78, 5) is 71.1. The summed E-state index contributed by atoms with van der Waals surface area (Å²) in [5.41, 5.74) is 5.91. The van der Waals surface area contributed by atoms with Gasteiger partial charge in [-0.2, -0.15) is 11.3 Å². The minimum absolute atomic E-state index is 0.206. The fraction of sp³-hybridized carbons (Fsp3) is 0.349. The van der Waals surface area contributed by atoms with Gasteiger partial charge in [0.15, 0.2) is 0 Å². The molecule has 7 rings (SSSR count). The van der Waals surface area contributed by atoms with Crippen LogP contribution in [0.25, 0.3) is 22.5 Å². The van der Waals surface area contributed by atoms with Crippen LogP contribution >= 0.6 is 11.3 Å². The Morgan fingerprint density at radius 2 is 1.25 bits per heavy atom.